The number of anilines is 1. The van der Waals surface area contributed by atoms with Crippen molar-refractivity contribution < 1.29 is 19.1 Å². The monoisotopic (exact) mass is 387 g/mol. The lowest BCUT2D eigenvalue weighted by Gasteiger charge is -2.32. The van der Waals surface area contributed by atoms with E-state index in [4.69, 9.17) is 4.74 Å². The Morgan fingerprint density at radius 2 is 1.82 bits per heavy atom. The van der Waals surface area contributed by atoms with Crippen molar-refractivity contribution in [2.24, 2.45) is 11.8 Å². The van der Waals surface area contributed by atoms with Crippen molar-refractivity contribution in [2.75, 3.05) is 32.6 Å². The van der Waals surface area contributed by atoms with E-state index in [-0.39, 0.29) is 18.4 Å². The van der Waals surface area contributed by atoms with Gasteiger partial charge in [-0.05, 0) is 31.0 Å². The Labute approximate surface area is 166 Å². The summed E-state index contributed by atoms with van der Waals surface area (Å²) < 4.78 is 5.35. The van der Waals surface area contributed by atoms with Gasteiger partial charge in [0.25, 0.3) is 0 Å². The highest BCUT2D eigenvalue weighted by molar-refractivity contribution is 6.09. The first-order valence-electron chi connectivity index (χ1n) is 9.82. The van der Waals surface area contributed by atoms with Crippen LogP contribution in [0, 0.1) is 11.8 Å². The molecule has 0 radical (unpaired) electrons. The first-order chi connectivity index (χ1) is 13.3. The van der Waals surface area contributed by atoms with Gasteiger partial charge in [0.05, 0.1) is 18.4 Å². The zero-order chi connectivity index (χ0) is 20.6. The summed E-state index contributed by atoms with van der Waals surface area (Å²) in [4.78, 5) is 42.1. The average molecular weight is 387 g/mol. The van der Waals surface area contributed by atoms with Gasteiger partial charge in [0, 0.05) is 32.9 Å². The molecule has 7 nitrogen and oxygen atoms in total. The Kier molecular flexibility index (Phi) is 5.48. The highest BCUT2D eigenvalue weighted by Gasteiger charge is 2.67. The third kappa shape index (κ3) is 2.98. The highest BCUT2D eigenvalue weighted by Crippen LogP contribution is 2.50. The van der Waals surface area contributed by atoms with Crippen molar-refractivity contribution in [3.63, 3.8) is 0 Å². The van der Waals surface area contributed by atoms with Crippen molar-refractivity contribution in [3.05, 3.63) is 29.8 Å². The minimum Gasteiger partial charge on any atom is -0.465 e. The van der Waals surface area contributed by atoms with E-state index >= 15 is 0 Å². The number of amides is 2. The lowest BCUT2D eigenvalue weighted by atomic mass is 9.77. The maximum atomic E-state index is 13.0. The second-order valence-corrected chi connectivity index (χ2v) is 7.79. The SMILES string of the molecule is CCC[C@]1(C(=O)OCC)N[C@@H](c2ccc(N(C)C)cc2)[C@H]2C(=O)N(C)C(=O)[C@H]21. The van der Waals surface area contributed by atoms with Crippen molar-refractivity contribution in [1.82, 2.24) is 10.2 Å². The van der Waals surface area contributed by atoms with Crippen LogP contribution in [0.1, 0.15) is 38.3 Å². The number of nitrogens with one attached hydrogen (secondary N) is 1. The predicted octanol–water partition coefficient (Wildman–Crippen LogP) is 1.73. The number of likely N-dealkylation sites (tertiary alicyclic amines) is 1. The summed E-state index contributed by atoms with van der Waals surface area (Å²) in [5.74, 6) is -2.36. The van der Waals surface area contributed by atoms with E-state index in [0.717, 1.165) is 11.3 Å². The molecule has 0 aliphatic carbocycles. The first kappa shape index (κ1) is 20.3. The van der Waals surface area contributed by atoms with Crippen molar-refractivity contribution in [2.45, 2.75) is 38.3 Å². The van der Waals surface area contributed by atoms with Crippen molar-refractivity contribution >= 4 is 23.5 Å². The third-order valence-electron chi connectivity index (χ3n) is 5.93. The molecule has 7 heteroatoms. The van der Waals surface area contributed by atoms with Gasteiger partial charge in [0.1, 0.15) is 5.54 Å². The molecule has 0 spiro atoms. The molecule has 2 heterocycles. The van der Waals surface area contributed by atoms with Crippen LogP contribution in [0.3, 0.4) is 0 Å². The average Bonchev–Trinajstić information content (AvgIpc) is 3.13. The molecule has 0 unspecified atom stereocenters. The quantitative estimate of drug-likeness (QED) is 0.592. The van der Waals surface area contributed by atoms with E-state index in [1.807, 2.05) is 50.2 Å². The molecule has 2 saturated heterocycles. The zero-order valence-electron chi connectivity index (χ0n) is 17.2. The maximum Gasteiger partial charge on any atom is 0.327 e. The fourth-order valence-electron chi connectivity index (χ4n) is 4.59. The van der Waals surface area contributed by atoms with Gasteiger partial charge in [-0.15, -0.1) is 0 Å². The van der Waals surface area contributed by atoms with Crippen LogP contribution in [0.5, 0.6) is 0 Å². The van der Waals surface area contributed by atoms with Crippen LogP contribution in [0.4, 0.5) is 5.69 Å². The Balaban J connectivity index is 2.08. The van der Waals surface area contributed by atoms with E-state index < -0.39 is 29.4 Å². The largest absolute Gasteiger partial charge is 0.465 e. The molecule has 2 aliphatic rings. The van der Waals surface area contributed by atoms with E-state index in [2.05, 4.69) is 5.32 Å². The summed E-state index contributed by atoms with van der Waals surface area (Å²) in [5, 5.41) is 3.38. The van der Waals surface area contributed by atoms with Crippen LogP contribution >= 0.6 is 0 Å². The van der Waals surface area contributed by atoms with E-state index in [1.54, 1.807) is 6.92 Å². The second-order valence-electron chi connectivity index (χ2n) is 7.79. The molecular formula is C21H29N3O4. The number of esters is 1. The molecule has 4 atom stereocenters. The summed E-state index contributed by atoms with van der Waals surface area (Å²) in [7, 11) is 5.41. The summed E-state index contributed by atoms with van der Waals surface area (Å²) in [5.41, 5.74) is 0.742. The molecule has 0 bridgehead atoms. The standard InChI is InChI=1S/C21H29N3O4/c1-6-12-21(20(27)28-7-2)16-15(18(25)24(5)19(16)26)17(22-21)13-8-10-14(11-9-13)23(3)4/h8-11,15-17,22H,6-7,12H2,1-5H3/t15-,16-,17-,21-/m0/s1. The number of imide groups is 1. The number of rotatable bonds is 6. The summed E-state index contributed by atoms with van der Waals surface area (Å²) in [6.07, 6.45) is 1.12. The molecule has 1 aromatic rings. The molecule has 0 saturated carbocycles. The van der Waals surface area contributed by atoms with Gasteiger partial charge in [-0.25, -0.2) is 0 Å². The first-order valence-corrected chi connectivity index (χ1v) is 9.82. The van der Waals surface area contributed by atoms with Gasteiger partial charge in [-0.2, -0.15) is 0 Å². The van der Waals surface area contributed by atoms with Crippen LogP contribution in [-0.4, -0.2) is 56.0 Å². The number of hydrogen-bond acceptors (Lipinski definition) is 6. The van der Waals surface area contributed by atoms with Gasteiger partial charge in [0.15, 0.2) is 0 Å². The highest BCUT2D eigenvalue weighted by atomic mass is 16.5. The van der Waals surface area contributed by atoms with Gasteiger partial charge in [0.2, 0.25) is 11.8 Å². The molecule has 3 rings (SSSR count). The van der Waals surface area contributed by atoms with Gasteiger partial charge < -0.3 is 9.64 Å². The van der Waals surface area contributed by atoms with Crippen molar-refractivity contribution in [3.8, 4) is 0 Å². The fraction of sp³-hybridized carbons (Fsp3) is 0.571. The molecule has 28 heavy (non-hydrogen) atoms. The Bertz CT molecular complexity index is 776. The number of benzene rings is 1. The lowest BCUT2D eigenvalue weighted by molar-refractivity contribution is -0.156. The Morgan fingerprint density at radius 3 is 2.36 bits per heavy atom. The Hall–Kier alpha value is -2.41. The van der Waals surface area contributed by atoms with E-state index in [0.29, 0.717) is 12.8 Å². The van der Waals surface area contributed by atoms with Crippen LogP contribution < -0.4 is 10.2 Å². The molecule has 1 aromatic carbocycles. The van der Waals surface area contributed by atoms with E-state index in [9.17, 15) is 14.4 Å². The lowest BCUT2D eigenvalue weighted by Crippen LogP contribution is -2.56. The molecule has 2 fully saturated rings. The smallest absolute Gasteiger partial charge is 0.327 e. The van der Waals surface area contributed by atoms with Crippen LogP contribution in [-0.2, 0) is 19.1 Å². The topological polar surface area (TPSA) is 79.0 Å². The predicted molar refractivity (Wildman–Crippen MR) is 106 cm³/mol. The molecule has 1 N–H and O–H groups in total. The van der Waals surface area contributed by atoms with Crippen LogP contribution in [0.2, 0.25) is 0 Å². The number of hydrogen-bond donors (Lipinski definition) is 1. The number of ether oxygens (including phenoxy) is 1. The van der Waals surface area contributed by atoms with Gasteiger partial charge >= 0.3 is 5.97 Å². The minimum atomic E-state index is -1.18. The Morgan fingerprint density at radius 1 is 1.18 bits per heavy atom. The molecule has 2 amide bonds. The van der Waals surface area contributed by atoms with Crippen LogP contribution in [0.15, 0.2) is 24.3 Å². The van der Waals surface area contributed by atoms with E-state index in [1.165, 1.54) is 11.9 Å². The number of carbonyl (C=O) groups excluding carboxylic acids is 3. The normalized spacial score (nSPS) is 29.2. The maximum absolute atomic E-state index is 13.0. The second kappa shape index (κ2) is 7.54. The fourth-order valence-corrected chi connectivity index (χ4v) is 4.59. The molecule has 2 aliphatic heterocycles. The van der Waals surface area contributed by atoms with Gasteiger partial charge in [-0.3, -0.25) is 24.6 Å². The summed E-state index contributed by atoms with van der Waals surface area (Å²) in [6.45, 7) is 3.93. The van der Waals surface area contributed by atoms with Crippen LogP contribution in [0.25, 0.3) is 0 Å². The third-order valence-corrected chi connectivity index (χ3v) is 5.93. The number of nitrogens with zero attached hydrogens (tertiary/aromatic N) is 2. The molecule has 0 aromatic heterocycles. The van der Waals surface area contributed by atoms with Gasteiger partial charge in [-0.1, -0.05) is 25.5 Å². The molecular weight excluding hydrogens is 358 g/mol. The molecule has 152 valence electrons. The van der Waals surface area contributed by atoms with Crippen molar-refractivity contribution in [1.29, 1.82) is 0 Å². The zero-order valence-corrected chi connectivity index (χ0v) is 17.2. The number of carbonyl (C=O) groups is 3. The minimum absolute atomic E-state index is 0.226. The number of fused-ring (bicyclic) bond motifs is 1. The summed E-state index contributed by atoms with van der Waals surface area (Å²) in [6, 6.07) is 7.43. The summed E-state index contributed by atoms with van der Waals surface area (Å²) >= 11 is 0.